The van der Waals surface area contributed by atoms with Gasteiger partial charge in [-0.25, -0.2) is 0 Å². The van der Waals surface area contributed by atoms with Crippen LogP contribution in [0.25, 0.3) is 0 Å². The summed E-state index contributed by atoms with van der Waals surface area (Å²) in [6, 6.07) is 0. The molecule has 112 valence electrons. The average Bonchev–Trinajstić information content (AvgIpc) is 2.78. The molecule has 0 saturated carbocycles. The molecule has 1 heterocycles. The van der Waals surface area contributed by atoms with E-state index in [9.17, 15) is 0 Å². The number of guanidine groups is 1. The van der Waals surface area contributed by atoms with Crippen LogP contribution in [-0.4, -0.2) is 49.7 Å². The zero-order valence-corrected chi connectivity index (χ0v) is 13.5. The highest BCUT2D eigenvalue weighted by Gasteiger charge is 2.33. The summed E-state index contributed by atoms with van der Waals surface area (Å²) in [5.41, 5.74) is 0.238. The topological polar surface area (TPSA) is 36.9 Å². The van der Waals surface area contributed by atoms with Crippen LogP contribution in [0.3, 0.4) is 0 Å². The molecule has 0 bridgehead atoms. The maximum absolute atomic E-state index is 5.44. The predicted molar refractivity (Wildman–Crippen MR) is 81.7 cm³/mol. The Kier molecular flexibility index (Phi) is 5.65. The molecule has 0 amide bonds. The minimum absolute atomic E-state index is 0.200. The summed E-state index contributed by atoms with van der Waals surface area (Å²) in [5.74, 6) is 1.03. The highest BCUT2D eigenvalue weighted by Crippen LogP contribution is 2.32. The van der Waals surface area contributed by atoms with Gasteiger partial charge >= 0.3 is 0 Å². The first-order valence-corrected chi connectivity index (χ1v) is 7.44. The standard InChI is InChI=1S/C15H31N3O/c1-7-15(5)9-10-18(12-15)13(16-8-2)17-11-14(3,4)19-6/h7-12H2,1-6H3,(H,16,17). The van der Waals surface area contributed by atoms with E-state index in [2.05, 4.69) is 44.8 Å². The molecule has 1 atom stereocenters. The fourth-order valence-corrected chi connectivity index (χ4v) is 2.25. The van der Waals surface area contributed by atoms with Crippen LogP contribution in [0.2, 0.25) is 0 Å². The van der Waals surface area contributed by atoms with Crippen molar-refractivity contribution >= 4 is 5.96 Å². The molecule has 1 unspecified atom stereocenters. The van der Waals surface area contributed by atoms with Crippen LogP contribution in [0.4, 0.5) is 0 Å². The second-order valence-corrected chi connectivity index (χ2v) is 6.47. The Morgan fingerprint density at radius 1 is 1.42 bits per heavy atom. The van der Waals surface area contributed by atoms with Crippen molar-refractivity contribution in [1.29, 1.82) is 0 Å². The van der Waals surface area contributed by atoms with Crippen LogP contribution in [0.5, 0.6) is 0 Å². The molecule has 0 aliphatic carbocycles. The number of nitrogens with zero attached hydrogens (tertiary/aromatic N) is 2. The molecule has 1 aliphatic rings. The third-order valence-corrected chi connectivity index (χ3v) is 4.21. The minimum Gasteiger partial charge on any atom is -0.377 e. The maximum atomic E-state index is 5.44. The van der Waals surface area contributed by atoms with Crippen LogP contribution in [0.15, 0.2) is 4.99 Å². The van der Waals surface area contributed by atoms with Crippen LogP contribution < -0.4 is 5.32 Å². The Labute approximate surface area is 118 Å². The van der Waals surface area contributed by atoms with Gasteiger partial charge in [-0.05, 0) is 39.0 Å². The molecule has 0 radical (unpaired) electrons. The number of aliphatic imine (C=N–C) groups is 1. The molecule has 4 nitrogen and oxygen atoms in total. The number of likely N-dealkylation sites (tertiary alicyclic amines) is 1. The zero-order chi connectivity index (χ0) is 14.5. The fraction of sp³-hybridized carbons (Fsp3) is 0.933. The lowest BCUT2D eigenvalue weighted by Gasteiger charge is -2.27. The van der Waals surface area contributed by atoms with E-state index in [1.165, 1.54) is 12.8 Å². The molecule has 1 fully saturated rings. The first kappa shape index (κ1) is 16.3. The van der Waals surface area contributed by atoms with Crippen LogP contribution in [0.1, 0.15) is 47.5 Å². The van der Waals surface area contributed by atoms with E-state index in [1.54, 1.807) is 7.11 Å². The van der Waals surface area contributed by atoms with Crippen LogP contribution in [0, 0.1) is 5.41 Å². The Bertz CT molecular complexity index is 315. The van der Waals surface area contributed by atoms with E-state index >= 15 is 0 Å². The highest BCUT2D eigenvalue weighted by molar-refractivity contribution is 5.80. The van der Waals surface area contributed by atoms with Gasteiger partial charge in [-0.2, -0.15) is 0 Å². The van der Waals surface area contributed by atoms with Gasteiger partial charge in [0.25, 0.3) is 0 Å². The summed E-state index contributed by atoms with van der Waals surface area (Å²) >= 11 is 0. The zero-order valence-electron chi connectivity index (χ0n) is 13.5. The monoisotopic (exact) mass is 269 g/mol. The van der Waals surface area contributed by atoms with Crippen molar-refractivity contribution < 1.29 is 4.74 Å². The second kappa shape index (κ2) is 6.60. The molecule has 1 saturated heterocycles. The molecular weight excluding hydrogens is 238 g/mol. The number of nitrogens with one attached hydrogen (secondary N) is 1. The SMILES string of the molecule is CCNC(=NCC(C)(C)OC)N1CCC(C)(CC)C1. The first-order valence-electron chi connectivity index (χ1n) is 7.44. The molecule has 19 heavy (non-hydrogen) atoms. The van der Waals surface area contributed by atoms with E-state index in [0.717, 1.165) is 25.6 Å². The van der Waals surface area contributed by atoms with Crippen molar-refractivity contribution in [1.82, 2.24) is 10.2 Å². The molecule has 0 aromatic rings. The molecule has 4 heteroatoms. The third-order valence-electron chi connectivity index (χ3n) is 4.21. The number of hydrogen-bond donors (Lipinski definition) is 1. The second-order valence-electron chi connectivity index (χ2n) is 6.47. The molecule has 1 N–H and O–H groups in total. The van der Waals surface area contributed by atoms with Crippen molar-refractivity contribution in [2.45, 2.75) is 53.1 Å². The Morgan fingerprint density at radius 3 is 2.58 bits per heavy atom. The van der Waals surface area contributed by atoms with Crippen molar-refractivity contribution in [2.75, 3.05) is 33.3 Å². The summed E-state index contributed by atoms with van der Waals surface area (Å²) in [7, 11) is 1.74. The van der Waals surface area contributed by atoms with Gasteiger partial charge < -0.3 is 15.0 Å². The number of ether oxygens (including phenoxy) is 1. The normalized spacial score (nSPS) is 24.9. The summed E-state index contributed by atoms with van der Waals surface area (Å²) < 4.78 is 5.44. The highest BCUT2D eigenvalue weighted by atomic mass is 16.5. The van der Waals surface area contributed by atoms with Gasteiger partial charge in [0.2, 0.25) is 0 Å². The quantitative estimate of drug-likeness (QED) is 0.615. The van der Waals surface area contributed by atoms with Gasteiger partial charge in [-0.15, -0.1) is 0 Å². The average molecular weight is 269 g/mol. The lowest BCUT2D eigenvalue weighted by Crippen LogP contribution is -2.42. The van der Waals surface area contributed by atoms with Gasteiger partial charge in [0.05, 0.1) is 12.1 Å². The molecule has 0 aromatic carbocycles. The molecular formula is C15H31N3O. The van der Waals surface area contributed by atoms with Crippen molar-refractivity contribution in [2.24, 2.45) is 10.4 Å². The molecule has 0 aromatic heterocycles. The summed E-state index contributed by atoms with van der Waals surface area (Å²) in [4.78, 5) is 7.13. The van der Waals surface area contributed by atoms with E-state index in [-0.39, 0.29) is 5.60 Å². The number of rotatable bonds is 5. The minimum atomic E-state index is -0.200. The van der Waals surface area contributed by atoms with E-state index in [1.807, 2.05) is 0 Å². The van der Waals surface area contributed by atoms with Gasteiger partial charge in [-0.3, -0.25) is 4.99 Å². The van der Waals surface area contributed by atoms with Crippen molar-refractivity contribution in [3.05, 3.63) is 0 Å². The smallest absolute Gasteiger partial charge is 0.194 e. The molecule has 0 spiro atoms. The van der Waals surface area contributed by atoms with E-state index in [4.69, 9.17) is 9.73 Å². The Balaban J connectivity index is 2.70. The van der Waals surface area contributed by atoms with E-state index < -0.39 is 0 Å². The van der Waals surface area contributed by atoms with Crippen molar-refractivity contribution in [3.8, 4) is 0 Å². The number of hydrogen-bond acceptors (Lipinski definition) is 2. The maximum Gasteiger partial charge on any atom is 0.194 e. The fourth-order valence-electron chi connectivity index (χ4n) is 2.25. The summed E-state index contributed by atoms with van der Waals surface area (Å²) in [6.45, 7) is 14.7. The van der Waals surface area contributed by atoms with Gasteiger partial charge in [0.1, 0.15) is 0 Å². The number of methoxy groups -OCH3 is 1. The largest absolute Gasteiger partial charge is 0.377 e. The van der Waals surface area contributed by atoms with Gasteiger partial charge in [-0.1, -0.05) is 13.8 Å². The third kappa shape index (κ3) is 4.68. The van der Waals surface area contributed by atoms with Gasteiger partial charge in [0.15, 0.2) is 5.96 Å². The van der Waals surface area contributed by atoms with E-state index in [0.29, 0.717) is 12.0 Å². The lowest BCUT2D eigenvalue weighted by molar-refractivity contribution is 0.0309. The molecule has 1 aliphatic heterocycles. The Hall–Kier alpha value is -0.770. The lowest BCUT2D eigenvalue weighted by atomic mass is 9.87. The Morgan fingerprint density at radius 2 is 2.11 bits per heavy atom. The molecule has 1 rings (SSSR count). The van der Waals surface area contributed by atoms with Crippen LogP contribution in [-0.2, 0) is 4.74 Å². The predicted octanol–water partition coefficient (Wildman–Crippen LogP) is 2.50. The van der Waals surface area contributed by atoms with Gasteiger partial charge in [0, 0.05) is 26.7 Å². The van der Waals surface area contributed by atoms with Crippen molar-refractivity contribution in [3.63, 3.8) is 0 Å². The first-order chi connectivity index (χ1) is 8.86. The van der Waals surface area contributed by atoms with Crippen LogP contribution >= 0.6 is 0 Å². The summed E-state index contributed by atoms with van der Waals surface area (Å²) in [6.07, 6.45) is 2.48. The summed E-state index contributed by atoms with van der Waals surface area (Å²) in [5, 5.41) is 3.40.